The number of nitrogens with zero attached hydrogens (tertiary/aromatic N) is 3. The number of thiazole rings is 1. The molecule has 144 valence electrons. The third-order valence-electron chi connectivity index (χ3n) is 4.25. The maximum Gasteiger partial charge on any atom is 0.275 e. The summed E-state index contributed by atoms with van der Waals surface area (Å²) >= 11 is 3.25. The van der Waals surface area contributed by atoms with Crippen LogP contribution in [0.5, 0.6) is 0 Å². The van der Waals surface area contributed by atoms with Crippen LogP contribution in [-0.4, -0.2) is 40.5 Å². The summed E-state index contributed by atoms with van der Waals surface area (Å²) in [7, 11) is 0. The van der Waals surface area contributed by atoms with E-state index in [0.717, 1.165) is 48.1 Å². The fourth-order valence-corrected chi connectivity index (χ4v) is 4.47. The molecule has 0 unspecified atom stereocenters. The first-order valence-corrected chi connectivity index (χ1v) is 10.6. The molecule has 4 rings (SSSR count). The van der Waals surface area contributed by atoms with Crippen LogP contribution < -0.4 is 10.2 Å². The maximum absolute atomic E-state index is 13.7. The number of pyridine rings is 1. The van der Waals surface area contributed by atoms with Gasteiger partial charge in [0.15, 0.2) is 0 Å². The maximum atomic E-state index is 13.7. The van der Waals surface area contributed by atoms with Crippen molar-refractivity contribution in [3.05, 3.63) is 59.2 Å². The second-order valence-electron chi connectivity index (χ2n) is 6.12. The number of anilines is 2. The van der Waals surface area contributed by atoms with Gasteiger partial charge in [-0.05, 0) is 24.3 Å². The van der Waals surface area contributed by atoms with Crippen molar-refractivity contribution >= 4 is 40.5 Å². The molecule has 1 N–H and O–H groups in total. The molecule has 0 atom stereocenters. The van der Waals surface area contributed by atoms with Crippen LogP contribution >= 0.6 is 23.1 Å². The zero-order chi connectivity index (χ0) is 19.5. The van der Waals surface area contributed by atoms with Crippen LogP contribution in [0.25, 0.3) is 10.6 Å². The standard InChI is InChI=1S/C19H16F2N4OS2/c20-13-2-3-15(14(21)9-13)23-18(26)16-11-28-19(24-16)12-1-4-17(22-10-12)25-5-7-27-8-6-25/h1-4,9-11H,5-8H2,(H,23,26). The van der Waals surface area contributed by atoms with Gasteiger partial charge in [0.05, 0.1) is 5.69 Å². The molecule has 3 heterocycles. The van der Waals surface area contributed by atoms with E-state index in [-0.39, 0.29) is 11.4 Å². The molecule has 0 radical (unpaired) electrons. The number of amides is 1. The molecule has 0 saturated carbocycles. The van der Waals surface area contributed by atoms with E-state index in [1.807, 2.05) is 23.9 Å². The lowest BCUT2D eigenvalue weighted by Gasteiger charge is -2.27. The van der Waals surface area contributed by atoms with Crippen molar-refractivity contribution in [3.8, 4) is 10.6 Å². The molecular formula is C19H16F2N4OS2. The Morgan fingerprint density at radius 3 is 2.68 bits per heavy atom. The summed E-state index contributed by atoms with van der Waals surface area (Å²) in [6, 6.07) is 6.87. The minimum Gasteiger partial charge on any atom is -0.355 e. The SMILES string of the molecule is O=C(Nc1ccc(F)cc1F)c1csc(-c2ccc(N3CCSCC3)nc2)n1. The number of nitrogens with one attached hydrogen (secondary N) is 1. The van der Waals surface area contributed by atoms with Crippen molar-refractivity contribution in [1.29, 1.82) is 0 Å². The van der Waals surface area contributed by atoms with Gasteiger partial charge in [-0.3, -0.25) is 4.79 Å². The number of halogens is 2. The lowest BCUT2D eigenvalue weighted by molar-refractivity contribution is 0.102. The topological polar surface area (TPSA) is 58.1 Å². The minimum atomic E-state index is -0.834. The Balaban J connectivity index is 1.46. The number of thioether (sulfide) groups is 1. The van der Waals surface area contributed by atoms with Crippen molar-refractivity contribution in [2.75, 3.05) is 34.8 Å². The van der Waals surface area contributed by atoms with Crippen LogP contribution in [0, 0.1) is 11.6 Å². The number of rotatable bonds is 4. The fourth-order valence-electron chi connectivity index (χ4n) is 2.78. The molecule has 28 heavy (non-hydrogen) atoms. The van der Waals surface area contributed by atoms with Crippen LogP contribution in [0.2, 0.25) is 0 Å². The van der Waals surface area contributed by atoms with Gasteiger partial charge in [0.2, 0.25) is 0 Å². The molecule has 0 aliphatic carbocycles. The lowest BCUT2D eigenvalue weighted by atomic mass is 10.2. The summed E-state index contributed by atoms with van der Waals surface area (Å²) in [5, 5.41) is 4.66. The smallest absolute Gasteiger partial charge is 0.275 e. The van der Waals surface area contributed by atoms with Crippen LogP contribution in [0.4, 0.5) is 20.3 Å². The number of carbonyl (C=O) groups is 1. The summed E-state index contributed by atoms with van der Waals surface area (Å²) in [5.41, 5.74) is 0.889. The van der Waals surface area contributed by atoms with Gasteiger partial charge >= 0.3 is 0 Å². The Kier molecular flexibility index (Phi) is 5.54. The third-order valence-corrected chi connectivity index (χ3v) is 6.08. The van der Waals surface area contributed by atoms with E-state index in [9.17, 15) is 13.6 Å². The van der Waals surface area contributed by atoms with E-state index in [4.69, 9.17) is 0 Å². The van der Waals surface area contributed by atoms with E-state index in [0.29, 0.717) is 5.01 Å². The fraction of sp³-hybridized carbons (Fsp3) is 0.211. The van der Waals surface area contributed by atoms with Crippen molar-refractivity contribution in [3.63, 3.8) is 0 Å². The van der Waals surface area contributed by atoms with Gasteiger partial charge in [0.25, 0.3) is 5.91 Å². The predicted molar refractivity (Wildman–Crippen MR) is 109 cm³/mol. The zero-order valence-electron chi connectivity index (χ0n) is 14.7. The zero-order valence-corrected chi connectivity index (χ0v) is 16.3. The monoisotopic (exact) mass is 418 g/mol. The Labute approximate surface area is 168 Å². The first-order valence-electron chi connectivity index (χ1n) is 8.61. The summed E-state index contributed by atoms with van der Waals surface area (Å²) in [6.07, 6.45) is 1.75. The minimum absolute atomic E-state index is 0.0911. The number of hydrogen-bond donors (Lipinski definition) is 1. The summed E-state index contributed by atoms with van der Waals surface area (Å²) in [4.78, 5) is 23.4. The van der Waals surface area contributed by atoms with Crippen molar-refractivity contribution in [1.82, 2.24) is 9.97 Å². The van der Waals surface area contributed by atoms with E-state index < -0.39 is 17.5 Å². The summed E-state index contributed by atoms with van der Waals surface area (Å²) in [5.74, 6) is 1.05. The predicted octanol–water partition coefficient (Wildman–Crippen LogP) is 4.29. The quantitative estimate of drug-likeness (QED) is 0.685. The second kappa shape index (κ2) is 8.24. The van der Waals surface area contributed by atoms with Crippen molar-refractivity contribution in [2.24, 2.45) is 0 Å². The molecule has 5 nitrogen and oxygen atoms in total. The molecule has 1 saturated heterocycles. The average Bonchev–Trinajstić information content (AvgIpc) is 3.21. The van der Waals surface area contributed by atoms with E-state index in [1.54, 1.807) is 11.6 Å². The molecule has 9 heteroatoms. The molecule has 0 spiro atoms. The van der Waals surface area contributed by atoms with Gasteiger partial charge in [0, 0.05) is 47.8 Å². The Bertz CT molecular complexity index is 988. The number of aromatic nitrogens is 2. The Morgan fingerprint density at radius 1 is 1.14 bits per heavy atom. The number of hydrogen-bond acceptors (Lipinski definition) is 6. The molecule has 1 fully saturated rings. The highest BCUT2D eigenvalue weighted by atomic mass is 32.2. The first-order chi connectivity index (χ1) is 13.6. The Morgan fingerprint density at radius 2 is 1.96 bits per heavy atom. The third kappa shape index (κ3) is 4.15. The van der Waals surface area contributed by atoms with Gasteiger partial charge in [-0.2, -0.15) is 11.8 Å². The van der Waals surface area contributed by atoms with Crippen LogP contribution in [-0.2, 0) is 0 Å². The molecule has 1 aliphatic heterocycles. The lowest BCUT2D eigenvalue weighted by Crippen LogP contribution is -2.32. The van der Waals surface area contributed by atoms with Gasteiger partial charge in [0.1, 0.15) is 28.2 Å². The normalized spacial score (nSPS) is 14.1. The van der Waals surface area contributed by atoms with Gasteiger partial charge < -0.3 is 10.2 Å². The van der Waals surface area contributed by atoms with Gasteiger partial charge in [-0.1, -0.05) is 0 Å². The molecule has 1 aromatic carbocycles. The van der Waals surface area contributed by atoms with Gasteiger partial charge in [-0.25, -0.2) is 18.7 Å². The van der Waals surface area contributed by atoms with E-state index in [1.165, 1.54) is 17.4 Å². The molecular weight excluding hydrogens is 402 g/mol. The Hall–Kier alpha value is -2.52. The summed E-state index contributed by atoms with van der Waals surface area (Å²) < 4.78 is 26.7. The van der Waals surface area contributed by atoms with E-state index >= 15 is 0 Å². The summed E-state index contributed by atoms with van der Waals surface area (Å²) in [6.45, 7) is 1.97. The highest BCUT2D eigenvalue weighted by molar-refractivity contribution is 7.99. The molecule has 2 aromatic heterocycles. The van der Waals surface area contributed by atoms with Crippen LogP contribution in [0.1, 0.15) is 10.5 Å². The van der Waals surface area contributed by atoms with Crippen molar-refractivity contribution < 1.29 is 13.6 Å². The number of benzene rings is 1. The second-order valence-corrected chi connectivity index (χ2v) is 8.20. The van der Waals surface area contributed by atoms with Gasteiger partial charge in [-0.15, -0.1) is 11.3 Å². The molecule has 1 aliphatic rings. The van der Waals surface area contributed by atoms with Crippen LogP contribution in [0.3, 0.4) is 0 Å². The highest BCUT2D eigenvalue weighted by Crippen LogP contribution is 2.26. The first kappa shape index (κ1) is 18.8. The van der Waals surface area contributed by atoms with Crippen molar-refractivity contribution in [2.45, 2.75) is 0 Å². The largest absolute Gasteiger partial charge is 0.355 e. The van der Waals surface area contributed by atoms with Crippen LogP contribution in [0.15, 0.2) is 41.9 Å². The average molecular weight is 418 g/mol. The molecule has 0 bridgehead atoms. The highest BCUT2D eigenvalue weighted by Gasteiger charge is 2.16. The number of carbonyl (C=O) groups excluding carboxylic acids is 1. The molecule has 1 amide bonds. The molecule has 3 aromatic rings. The van der Waals surface area contributed by atoms with E-state index in [2.05, 4.69) is 20.2 Å².